The highest BCUT2D eigenvalue weighted by molar-refractivity contribution is 5.77. The number of nitrogens with zero attached hydrogens (tertiary/aromatic N) is 4. The summed E-state index contributed by atoms with van der Waals surface area (Å²) in [6.45, 7) is 8.00. The van der Waals surface area contributed by atoms with Crippen molar-refractivity contribution >= 4 is 17.2 Å². The summed E-state index contributed by atoms with van der Waals surface area (Å²) in [4.78, 5) is 32.0. The molecule has 0 saturated carbocycles. The van der Waals surface area contributed by atoms with Crippen molar-refractivity contribution in [2.75, 3.05) is 39.6 Å². The van der Waals surface area contributed by atoms with Crippen molar-refractivity contribution in [1.29, 1.82) is 0 Å². The average molecular weight is 582 g/mol. The van der Waals surface area contributed by atoms with E-state index in [2.05, 4.69) is 20.4 Å². The molecule has 1 N–H and O–H groups in total. The molecule has 0 atom stereocenters. The summed E-state index contributed by atoms with van der Waals surface area (Å²) >= 11 is 0. The normalized spacial score (nSPS) is 11.4. The van der Waals surface area contributed by atoms with Crippen molar-refractivity contribution in [3.05, 3.63) is 64.7 Å². The van der Waals surface area contributed by atoms with E-state index in [1.807, 2.05) is 32.9 Å². The molecule has 0 spiro atoms. The number of oxazole rings is 1. The SMILES string of the molecule is Cn1nc(-c2nc3cc(OCc4ccc(OCCOCCOCCNC(=O)OC(C)(C)C)cn4)ccc3o2)ccc1=O. The van der Waals surface area contributed by atoms with Crippen LogP contribution in [0.3, 0.4) is 0 Å². The van der Waals surface area contributed by atoms with Gasteiger partial charge >= 0.3 is 6.09 Å². The molecule has 1 aromatic carbocycles. The molecule has 3 aromatic heterocycles. The molecular formula is C29H35N5O8. The van der Waals surface area contributed by atoms with Gasteiger partial charge in [0.1, 0.15) is 41.5 Å². The molecule has 13 nitrogen and oxygen atoms in total. The third-order valence-corrected chi connectivity index (χ3v) is 5.51. The number of pyridine rings is 1. The van der Waals surface area contributed by atoms with E-state index < -0.39 is 11.7 Å². The predicted molar refractivity (Wildman–Crippen MR) is 152 cm³/mol. The summed E-state index contributed by atoms with van der Waals surface area (Å²) in [6, 6.07) is 12.0. The van der Waals surface area contributed by atoms with Crippen molar-refractivity contribution < 1.29 is 32.9 Å². The second-order valence-electron chi connectivity index (χ2n) is 10.1. The van der Waals surface area contributed by atoms with Gasteiger partial charge in [-0.1, -0.05) is 0 Å². The summed E-state index contributed by atoms with van der Waals surface area (Å²) in [6.07, 6.45) is 1.17. The van der Waals surface area contributed by atoms with Gasteiger partial charge in [-0.05, 0) is 51.1 Å². The zero-order valence-electron chi connectivity index (χ0n) is 24.1. The molecule has 0 aliphatic heterocycles. The molecule has 4 rings (SSSR count). The molecule has 42 heavy (non-hydrogen) atoms. The quantitative estimate of drug-likeness (QED) is 0.218. The number of hydrogen-bond donors (Lipinski definition) is 1. The number of benzene rings is 1. The molecule has 0 bridgehead atoms. The average Bonchev–Trinajstić information content (AvgIpc) is 3.37. The number of ether oxygens (including phenoxy) is 5. The predicted octanol–water partition coefficient (Wildman–Crippen LogP) is 3.50. The minimum atomic E-state index is -0.526. The van der Waals surface area contributed by atoms with Crippen molar-refractivity contribution in [2.45, 2.75) is 33.0 Å². The van der Waals surface area contributed by atoms with E-state index in [0.717, 1.165) is 5.69 Å². The maximum atomic E-state index is 11.6. The minimum absolute atomic E-state index is 0.214. The molecule has 0 fully saturated rings. The monoisotopic (exact) mass is 581 g/mol. The van der Waals surface area contributed by atoms with E-state index in [-0.39, 0.29) is 12.2 Å². The lowest BCUT2D eigenvalue weighted by Gasteiger charge is -2.19. The van der Waals surface area contributed by atoms with Gasteiger partial charge in [-0.2, -0.15) is 5.10 Å². The first-order valence-electron chi connectivity index (χ1n) is 13.4. The van der Waals surface area contributed by atoms with Crippen molar-refractivity contribution in [2.24, 2.45) is 7.05 Å². The molecule has 224 valence electrons. The van der Waals surface area contributed by atoms with Crippen molar-refractivity contribution in [3.63, 3.8) is 0 Å². The number of amides is 1. The van der Waals surface area contributed by atoms with Crippen LogP contribution in [0, 0.1) is 0 Å². The van der Waals surface area contributed by atoms with E-state index in [1.54, 1.807) is 37.5 Å². The molecule has 0 aliphatic carbocycles. The van der Waals surface area contributed by atoms with Gasteiger partial charge in [0.05, 0.1) is 38.3 Å². The fourth-order valence-electron chi connectivity index (χ4n) is 3.54. The highest BCUT2D eigenvalue weighted by atomic mass is 16.6. The Morgan fingerprint density at radius 1 is 0.952 bits per heavy atom. The number of alkyl carbamates (subject to hydrolysis) is 1. The summed E-state index contributed by atoms with van der Waals surface area (Å²) in [5.41, 5.74) is 1.64. The highest BCUT2D eigenvalue weighted by Crippen LogP contribution is 2.26. The van der Waals surface area contributed by atoms with Crippen LogP contribution < -0.4 is 20.3 Å². The second-order valence-corrected chi connectivity index (χ2v) is 10.1. The fraction of sp³-hybridized carbons (Fsp3) is 0.414. The Bertz CT molecular complexity index is 1510. The van der Waals surface area contributed by atoms with Gasteiger partial charge in [-0.3, -0.25) is 9.78 Å². The Balaban J connectivity index is 1.11. The van der Waals surface area contributed by atoms with Crippen LogP contribution in [0.25, 0.3) is 22.7 Å². The first-order valence-corrected chi connectivity index (χ1v) is 13.4. The summed E-state index contributed by atoms with van der Waals surface area (Å²) in [5.74, 6) is 1.55. The van der Waals surface area contributed by atoms with E-state index >= 15 is 0 Å². The van der Waals surface area contributed by atoms with Crippen LogP contribution in [0.5, 0.6) is 11.5 Å². The maximum absolute atomic E-state index is 11.6. The Hall–Kier alpha value is -4.49. The molecule has 0 radical (unpaired) electrons. The first-order chi connectivity index (χ1) is 20.2. The van der Waals surface area contributed by atoms with Gasteiger partial charge in [-0.25, -0.2) is 14.5 Å². The van der Waals surface area contributed by atoms with E-state index in [4.69, 9.17) is 28.1 Å². The van der Waals surface area contributed by atoms with Crippen LogP contribution in [0.15, 0.2) is 57.9 Å². The van der Waals surface area contributed by atoms with Crippen LogP contribution in [-0.2, 0) is 27.9 Å². The Morgan fingerprint density at radius 2 is 1.71 bits per heavy atom. The number of fused-ring (bicyclic) bond motifs is 1. The minimum Gasteiger partial charge on any atom is -0.490 e. The number of aryl methyl sites for hydroxylation is 1. The summed E-state index contributed by atoms with van der Waals surface area (Å²) in [7, 11) is 1.57. The molecule has 3 heterocycles. The van der Waals surface area contributed by atoms with Crippen LogP contribution in [0.4, 0.5) is 4.79 Å². The van der Waals surface area contributed by atoms with Gasteiger partial charge in [0.15, 0.2) is 5.58 Å². The second kappa shape index (κ2) is 14.4. The van der Waals surface area contributed by atoms with Crippen LogP contribution in [-0.4, -0.2) is 71.0 Å². The van der Waals surface area contributed by atoms with E-state index in [0.29, 0.717) is 73.8 Å². The van der Waals surface area contributed by atoms with Crippen LogP contribution in [0.2, 0.25) is 0 Å². The lowest BCUT2D eigenvalue weighted by Crippen LogP contribution is -2.34. The maximum Gasteiger partial charge on any atom is 0.407 e. The lowest BCUT2D eigenvalue weighted by atomic mass is 10.2. The third kappa shape index (κ3) is 9.56. The zero-order chi connectivity index (χ0) is 30.0. The first kappa shape index (κ1) is 30.5. The van der Waals surface area contributed by atoms with Crippen LogP contribution >= 0.6 is 0 Å². The standard InChI is InChI=1S/C29H35N5O8/c1-29(2,3)42-28(36)30-11-12-37-13-14-38-15-16-39-22-6-5-20(31-18-22)19-40-21-7-9-25-24(17-21)32-27(41-25)23-8-10-26(35)34(4)33-23/h5-10,17-18H,11-16,19H2,1-4H3,(H,30,36). The van der Waals surface area contributed by atoms with Gasteiger partial charge in [0.25, 0.3) is 5.56 Å². The third-order valence-electron chi connectivity index (χ3n) is 5.51. The van der Waals surface area contributed by atoms with Gasteiger partial charge in [0.2, 0.25) is 5.89 Å². The largest absolute Gasteiger partial charge is 0.490 e. The molecule has 0 unspecified atom stereocenters. The number of nitrogens with one attached hydrogen (secondary N) is 1. The van der Waals surface area contributed by atoms with Crippen molar-refractivity contribution in [1.82, 2.24) is 25.1 Å². The highest BCUT2D eigenvalue weighted by Gasteiger charge is 2.15. The number of hydrogen-bond acceptors (Lipinski definition) is 11. The molecule has 4 aromatic rings. The smallest absolute Gasteiger partial charge is 0.407 e. The van der Waals surface area contributed by atoms with E-state index in [9.17, 15) is 9.59 Å². The molecular weight excluding hydrogens is 546 g/mol. The van der Waals surface area contributed by atoms with Gasteiger partial charge in [0, 0.05) is 25.7 Å². The summed E-state index contributed by atoms with van der Waals surface area (Å²) in [5, 5.41) is 6.80. The molecule has 1 amide bonds. The van der Waals surface area contributed by atoms with Gasteiger partial charge in [-0.15, -0.1) is 0 Å². The number of carbonyl (C=O) groups is 1. The lowest BCUT2D eigenvalue weighted by molar-refractivity contribution is 0.0327. The van der Waals surface area contributed by atoms with Crippen LogP contribution in [0.1, 0.15) is 26.5 Å². The topological polar surface area (TPSA) is 149 Å². The Labute approximate surface area is 242 Å². The van der Waals surface area contributed by atoms with Gasteiger partial charge < -0.3 is 33.4 Å². The number of aromatic nitrogens is 4. The number of carbonyl (C=O) groups excluding carboxylic acids is 1. The number of rotatable bonds is 14. The molecule has 0 saturated heterocycles. The molecule has 13 heteroatoms. The zero-order valence-corrected chi connectivity index (χ0v) is 24.1. The Kier molecular flexibility index (Phi) is 10.5. The Morgan fingerprint density at radius 3 is 2.45 bits per heavy atom. The summed E-state index contributed by atoms with van der Waals surface area (Å²) < 4.78 is 34.6. The van der Waals surface area contributed by atoms with Crippen molar-refractivity contribution in [3.8, 4) is 23.1 Å². The fourth-order valence-corrected chi connectivity index (χ4v) is 3.54. The van der Waals surface area contributed by atoms with E-state index in [1.165, 1.54) is 10.7 Å². The molecule has 0 aliphatic rings.